The van der Waals surface area contributed by atoms with Gasteiger partial charge < -0.3 is 20.8 Å². The number of pyridine rings is 1. The van der Waals surface area contributed by atoms with E-state index in [-0.39, 0.29) is 17.4 Å². The van der Waals surface area contributed by atoms with Crippen molar-refractivity contribution in [2.75, 3.05) is 5.32 Å². The molecule has 2 heterocycles. The van der Waals surface area contributed by atoms with Crippen molar-refractivity contribution in [2.45, 2.75) is 50.7 Å². The minimum atomic E-state index is -0.258. The van der Waals surface area contributed by atoms with Gasteiger partial charge in [0.2, 0.25) is 0 Å². The van der Waals surface area contributed by atoms with E-state index in [0.29, 0.717) is 29.4 Å². The van der Waals surface area contributed by atoms with Crippen LogP contribution in [-0.4, -0.2) is 33.4 Å². The highest BCUT2D eigenvalue weighted by Crippen LogP contribution is 2.58. The summed E-state index contributed by atoms with van der Waals surface area (Å²) in [5, 5.41) is 12.7. The topological polar surface area (TPSA) is 117 Å². The van der Waals surface area contributed by atoms with Crippen molar-refractivity contribution < 1.29 is 9.53 Å². The predicted octanol–water partition coefficient (Wildman–Crippen LogP) is 2.77. The Kier molecular flexibility index (Phi) is 3.51. The number of nitrogens with two attached hydrogens (primary N) is 1. The molecule has 0 amide bonds. The molecule has 2 aromatic heterocycles. The van der Waals surface area contributed by atoms with Crippen LogP contribution in [0.2, 0.25) is 0 Å². The Bertz CT molecular complexity index is 920. The SMILES string of the molecule is CC(=O)O[C@]12CC3CC(C1)[C@H](Nc1c(C(=N)N)cnc4[nH]ccc14)C(C3)C2. The number of aromatic nitrogens is 2. The zero-order valence-corrected chi connectivity index (χ0v) is 15.4. The minimum absolute atomic E-state index is 0.0216. The van der Waals surface area contributed by atoms with E-state index in [0.717, 1.165) is 36.0 Å². The lowest BCUT2D eigenvalue weighted by Gasteiger charge is -2.59. The van der Waals surface area contributed by atoms with E-state index >= 15 is 0 Å². The molecule has 0 radical (unpaired) electrons. The van der Waals surface area contributed by atoms with Gasteiger partial charge in [-0.1, -0.05) is 0 Å². The van der Waals surface area contributed by atoms with E-state index in [4.69, 9.17) is 15.9 Å². The molecule has 142 valence electrons. The summed E-state index contributed by atoms with van der Waals surface area (Å²) in [6, 6.07) is 2.29. The standard InChI is InChI=1S/C20H25N5O2/c1-10(26)27-20-6-11-4-12(7-20)16(13(5-11)8-20)25-17-14-2-3-23-19(14)24-9-15(17)18(21)22/h2-3,9,11-13,16H,4-8H2,1H3,(H3,21,22)(H2,23,24,25)/t11?,12?,13?,16-,20+. The number of nitrogen functional groups attached to an aromatic ring is 1. The molecule has 0 spiro atoms. The maximum Gasteiger partial charge on any atom is 0.303 e. The second-order valence-electron chi connectivity index (χ2n) is 8.62. The van der Waals surface area contributed by atoms with E-state index < -0.39 is 0 Å². The Morgan fingerprint density at radius 3 is 2.78 bits per heavy atom. The van der Waals surface area contributed by atoms with Crippen LogP contribution in [0.4, 0.5) is 5.69 Å². The van der Waals surface area contributed by atoms with Gasteiger partial charge in [0.15, 0.2) is 0 Å². The molecule has 4 aliphatic rings. The molecule has 4 fully saturated rings. The number of rotatable bonds is 4. The van der Waals surface area contributed by atoms with E-state index in [1.807, 2.05) is 12.3 Å². The van der Waals surface area contributed by atoms with Crippen molar-refractivity contribution in [3.63, 3.8) is 0 Å². The smallest absolute Gasteiger partial charge is 0.303 e. The van der Waals surface area contributed by atoms with Gasteiger partial charge in [-0.25, -0.2) is 4.98 Å². The van der Waals surface area contributed by atoms with Crippen molar-refractivity contribution in [1.82, 2.24) is 9.97 Å². The third kappa shape index (κ3) is 2.59. The molecule has 2 aromatic rings. The molecule has 4 bridgehead atoms. The Morgan fingerprint density at radius 2 is 2.11 bits per heavy atom. The molecule has 0 aliphatic heterocycles. The van der Waals surface area contributed by atoms with Crippen LogP contribution in [0.15, 0.2) is 18.5 Å². The van der Waals surface area contributed by atoms with Crippen LogP contribution in [0, 0.1) is 23.2 Å². The van der Waals surface area contributed by atoms with Crippen molar-refractivity contribution in [2.24, 2.45) is 23.5 Å². The van der Waals surface area contributed by atoms with Crippen LogP contribution >= 0.6 is 0 Å². The Hall–Kier alpha value is -2.57. The van der Waals surface area contributed by atoms with Crippen molar-refractivity contribution in [3.8, 4) is 0 Å². The summed E-state index contributed by atoms with van der Waals surface area (Å²) in [6.45, 7) is 1.52. The van der Waals surface area contributed by atoms with Crippen LogP contribution in [-0.2, 0) is 9.53 Å². The number of amidine groups is 1. The van der Waals surface area contributed by atoms with Gasteiger partial charge in [-0.05, 0) is 55.9 Å². The van der Waals surface area contributed by atoms with Gasteiger partial charge in [0.1, 0.15) is 17.1 Å². The number of anilines is 1. The number of carbonyl (C=O) groups excluding carboxylic acids is 1. The second kappa shape index (κ2) is 5.71. The monoisotopic (exact) mass is 367 g/mol. The highest BCUT2D eigenvalue weighted by atomic mass is 16.6. The number of fused-ring (bicyclic) bond motifs is 1. The third-order valence-corrected chi connectivity index (χ3v) is 6.76. The largest absolute Gasteiger partial charge is 0.459 e. The highest BCUT2D eigenvalue weighted by Gasteiger charge is 2.57. The first kappa shape index (κ1) is 16.6. The fraction of sp³-hybridized carbons (Fsp3) is 0.550. The van der Waals surface area contributed by atoms with Crippen LogP contribution < -0.4 is 11.1 Å². The van der Waals surface area contributed by atoms with E-state index in [2.05, 4.69) is 15.3 Å². The average Bonchev–Trinajstić information content (AvgIpc) is 3.05. The van der Waals surface area contributed by atoms with Gasteiger partial charge in [-0.15, -0.1) is 0 Å². The Balaban J connectivity index is 1.49. The number of hydrogen-bond donors (Lipinski definition) is 4. The summed E-state index contributed by atoms with van der Waals surface area (Å²) < 4.78 is 5.83. The summed E-state index contributed by atoms with van der Waals surface area (Å²) in [5.41, 5.74) is 7.91. The van der Waals surface area contributed by atoms with Crippen LogP contribution in [0.1, 0.15) is 44.6 Å². The fourth-order valence-electron chi connectivity index (χ4n) is 6.15. The van der Waals surface area contributed by atoms with Gasteiger partial charge >= 0.3 is 5.97 Å². The first-order valence-electron chi connectivity index (χ1n) is 9.71. The van der Waals surface area contributed by atoms with Crippen LogP contribution in [0.5, 0.6) is 0 Å². The molecule has 2 unspecified atom stereocenters. The minimum Gasteiger partial charge on any atom is -0.459 e. The summed E-state index contributed by atoms with van der Waals surface area (Å²) in [7, 11) is 0. The first-order valence-corrected chi connectivity index (χ1v) is 9.71. The van der Waals surface area contributed by atoms with E-state index in [9.17, 15) is 4.79 Å². The van der Waals surface area contributed by atoms with Gasteiger partial charge in [-0.3, -0.25) is 10.2 Å². The van der Waals surface area contributed by atoms with Crippen molar-refractivity contribution in [3.05, 3.63) is 24.0 Å². The lowest BCUT2D eigenvalue weighted by Crippen LogP contribution is -2.60. The number of ether oxygens (including phenoxy) is 1. The quantitative estimate of drug-likeness (QED) is 0.377. The number of esters is 1. The van der Waals surface area contributed by atoms with Gasteiger partial charge in [0.25, 0.3) is 0 Å². The maximum absolute atomic E-state index is 11.7. The summed E-state index contributed by atoms with van der Waals surface area (Å²) in [4.78, 5) is 19.2. The molecule has 5 N–H and O–H groups in total. The number of aromatic amines is 1. The number of carbonyl (C=O) groups is 1. The number of H-pyrrole nitrogens is 1. The molecule has 0 saturated heterocycles. The molecule has 27 heavy (non-hydrogen) atoms. The maximum atomic E-state index is 11.7. The number of nitrogens with one attached hydrogen (secondary N) is 3. The van der Waals surface area contributed by atoms with Crippen molar-refractivity contribution >= 4 is 28.5 Å². The van der Waals surface area contributed by atoms with Gasteiger partial charge in [0.05, 0.1) is 11.3 Å². The molecule has 7 nitrogen and oxygen atoms in total. The van der Waals surface area contributed by atoms with E-state index in [1.165, 1.54) is 19.8 Å². The molecule has 7 heteroatoms. The zero-order valence-electron chi connectivity index (χ0n) is 15.4. The molecule has 6 rings (SSSR count). The average molecular weight is 367 g/mol. The fourth-order valence-corrected chi connectivity index (χ4v) is 6.15. The lowest BCUT2D eigenvalue weighted by molar-refractivity contribution is -0.185. The number of nitrogens with zero attached hydrogens (tertiary/aromatic N) is 1. The van der Waals surface area contributed by atoms with Crippen LogP contribution in [0.25, 0.3) is 11.0 Å². The number of hydrogen-bond acceptors (Lipinski definition) is 5. The summed E-state index contributed by atoms with van der Waals surface area (Å²) in [6.07, 6.45) is 8.74. The molecule has 0 aromatic carbocycles. The Morgan fingerprint density at radius 1 is 1.37 bits per heavy atom. The molecular weight excluding hydrogens is 342 g/mol. The van der Waals surface area contributed by atoms with Crippen molar-refractivity contribution in [1.29, 1.82) is 5.41 Å². The molecule has 2 atom stereocenters. The second-order valence-corrected chi connectivity index (χ2v) is 8.62. The lowest BCUT2D eigenvalue weighted by atomic mass is 9.52. The zero-order chi connectivity index (χ0) is 18.8. The molecule has 4 aliphatic carbocycles. The predicted molar refractivity (Wildman–Crippen MR) is 103 cm³/mol. The van der Waals surface area contributed by atoms with E-state index in [1.54, 1.807) is 6.20 Å². The molecular formula is C20H25N5O2. The normalized spacial score (nSPS) is 34.0. The third-order valence-electron chi connectivity index (χ3n) is 6.76. The van der Waals surface area contributed by atoms with Crippen LogP contribution in [0.3, 0.4) is 0 Å². The summed E-state index contributed by atoms with van der Waals surface area (Å²) in [5.74, 6) is 1.45. The molecule has 4 saturated carbocycles. The van der Waals surface area contributed by atoms with Gasteiger partial charge in [0, 0.05) is 30.7 Å². The Labute approximate surface area is 157 Å². The van der Waals surface area contributed by atoms with Gasteiger partial charge in [-0.2, -0.15) is 0 Å². The first-order chi connectivity index (χ1) is 12.9. The summed E-state index contributed by atoms with van der Waals surface area (Å²) >= 11 is 0. The highest BCUT2D eigenvalue weighted by molar-refractivity contribution is 6.07.